The van der Waals surface area contributed by atoms with Crippen LogP contribution in [0.3, 0.4) is 0 Å². The average Bonchev–Trinajstić information content (AvgIpc) is 3.05. The van der Waals surface area contributed by atoms with E-state index in [1.54, 1.807) is 12.1 Å². The Balaban J connectivity index is 1.45. The highest BCUT2D eigenvalue weighted by Gasteiger charge is 2.25. The zero-order valence-corrected chi connectivity index (χ0v) is 28.1. The lowest BCUT2D eigenvalue weighted by atomic mass is 9.86. The number of nitrogens with one attached hydrogen (secondary N) is 2. The molecule has 1 heterocycles. The minimum absolute atomic E-state index is 0.0651. The van der Waals surface area contributed by atoms with E-state index in [2.05, 4.69) is 38.3 Å². The van der Waals surface area contributed by atoms with Crippen molar-refractivity contribution in [2.24, 2.45) is 0 Å². The first-order chi connectivity index (χ1) is 22.4. The summed E-state index contributed by atoms with van der Waals surface area (Å²) in [4.78, 5) is 42.6. The number of carboxylic acids is 1. The Morgan fingerprint density at radius 1 is 0.851 bits per heavy atom. The summed E-state index contributed by atoms with van der Waals surface area (Å²) in [5, 5.41) is 15.6. The van der Waals surface area contributed by atoms with Crippen molar-refractivity contribution in [2.75, 3.05) is 6.61 Å². The topological polar surface area (TPSA) is 118 Å². The third-order valence-electron chi connectivity index (χ3n) is 8.23. The molecule has 0 bridgehead atoms. The molecule has 47 heavy (non-hydrogen) atoms. The van der Waals surface area contributed by atoms with Crippen LogP contribution in [0.2, 0.25) is 0 Å². The number of ether oxygens (including phenoxy) is 1. The van der Waals surface area contributed by atoms with Gasteiger partial charge >= 0.3 is 5.97 Å². The van der Waals surface area contributed by atoms with Crippen LogP contribution < -0.4 is 15.4 Å². The first-order valence-corrected chi connectivity index (χ1v) is 16.5. The third-order valence-corrected chi connectivity index (χ3v) is 8.23. The minimum atomic E-state index is -1.16. The molecular weight excluding hydrogens is 590 g/mol. The van der Waals surface area contributed by atoms with Crippen molar-refractivity contribution in [2.45, 2.75) is 90.6 Å². The normalized spacial score (nSPS) is 12.7. The van der Waals surface area contributed by atoms with E-state index in [4.69, 9.17) is 9.72 Å². The second-order valence-electron chi connectivity index (χ2n) is 13.1. The maximum atomic E-state index is 13.2. The van der Waals surface area contributed by atoms with E-state index in [9.17, 15) is 19.5 Å². The van der Waals surface area contributed by atoms with Crippen molar-refractivity contribution in [3.05, 3.63) is 95.6 Å². The van der Waals surface area contributed by atoms with Crippen molar-refractivity contribution in [1.29, 1.82) is 0 Å². The monoisotopic (exact) mass is 637 g/mol. The molecule has 4 aromatic rings. The molecule has 0 radical (unpaired) electrons. The zero-order valence-electron chi connectivity index (χ0n) is 28.1. The van der Waals surface area contributed by atoms with Crippen LogP contribution >= 0.6 is 0 Å². The van der Waals surface area contributed by atoms with E-state index in [1.807, 2.05) is 66.7 Å². The Kier molecular flexibility index (Phi) is 12.1. The molecule has 3 aromatic carbocycles. The molecule has 1 aromatic heterocycles. The molecule has 0 aliphatic heterocycles. The number of pyridine rings is 1. The largest absolute Gasteiger partial charge is 0.494 e. The lowest BCUT2D eigenvalue weighted by Gasteiger charge is -2.21. The van der Waals surface area contributed by atoms with Gasteiger partial charge in [0.2, 0.25) is 5.91 Å². The van der Waals surface area contributed by atoms with Crippen LogP contribution in [0, 0.1) is 0 Å². The fraction of sp³-hybridized carbons (Fsp3) is 0.385. The fourth-order valence-electron chi connectivity index (χ4n) is 5.25. The Morgan fingerprint density at radius 3 is 2.21 bits per heavy atom. The Labute approximate surface area is 278 Å². The number of carboxylic acid groups (broad SMARTS) is 1. The summed E-state index contributed by atoms with van der Waals surface area (Å²) >= 11 is 0. The van der Waals surface area contributed by atoms with E-state index in [0.717, 1.165) is 45.5 Å². The van der Waals surface area contributed by atoms with Crippen LogP contribution in [0.5, 0.6) is 5.75 Å². The molecule has 3 N–H and O–H groups in total. The number of benzene rings is 3. The number of carbonyl (C=O) groups is 3. The van der Waals surface area contributed by atoms with Gasteiger partial charge in [0.05, 0.1) is 17.8 Å². The van der Waals surface area contributed by atoms with Crippen molar-refractivity contribution >= 4 is 28.7 Å². The van der Waals surface area contributed by atoms with Crippen LogP contribution in [0.4, 0.5) is 0 Å². The Hall–Kier alpha value is -4.72. The molecule has 2 amide bonds. The molecule has 2 atom stereocenters. The number of fused-ring (bicyclic) bond motifs is 1. The molecule has 8 heteroatoms. The standard InChI is InChI=1S/C39H47N3O5/c1-6-7-8-9-10-23-47-32-20-22-34-30(25-32)17-21-33(41-34)28-13-11-27(12-14-28)24-35(37(44)40-26(2)38(45)46)42-36(43)29-15-18-31(19-16-29)39(3,4)5/h11-22,25-26,35H,6-10,23-24H2,1-5H3,(H,40,44)(H,42,43)(H,45,46)/t26-,35+/m1/s1. The molecule has 0 saturated carbocycles. The van der Waals surface area contributed by atoms with Crippen LogP contribution in [-0.4, -0.2) is 46.6 Å². The maximum Gasteiger partial charge on any atom is 0.325 e. The van der Waals surface area contributed by atoms with Gasteiger partial charge in [0.25, 0.3) is 5.91 Å². The van der Waals surface area contributed by atoms with E-state index in [1.165, 1.54) is 32.6 Å². The maximum absolute atomic E-state index is 13.2. The smallest absolute Gasteiger partial charge is 0.325 e. The SMILES string of the molecule is CCCCCCCOc1ccc2nc(-c3ccc(C[C@H](NC(=O)c4ccc(C(C)(C)C)cc4)C(=O)N[C@H](C)C(=O)O)cc3)ccc2c1. The van der Waals surface area contributed by atoms with Gasteiger partial charge in [0, 0.05) is 22.9 Å². The van der Waals surface area contributed by atoms with Gasteiger partial charge in [-0.2, -0.15) is 0 Å². The Bertz CT molecular complexity index is 1660. The molecule has 8 nitrogen and oxygen atoms in total. The van der Waals surface area contributed by atoms with E-state index < -0.39 is 29.9 Å². The Morgan fingerprint density at radius 2 is 1.55 bits per heavy atom. The number of hydrogen-bond donors (Lipinski definition) is 3. The number of hydrogen-bond acceptors (Lipinski definition) is 5. The summed E-state index contributed by atoms with van der Waals surface area (Å²) in [6.45, 7) is 10.6. The summed E-state index contributed by atoms with van der Waals surface area (Å²) in [7, 11) is 0. The molecule has 0 fully saturated rings. The highest BCUT2D eigenvalue weighted by atomic mass is 16.5. The minimum Gasteiger partial charge on any atom is -0.494 e. The molecular formula is C39H47N3O5. The van der Waals surface area contributed by atoms with Gasteiger partial charge in [-0.1, -0.05) is 95.8 Å². The second-order valence-corrected chi connectivity index (χ2v) is 13.1. The van der Waals surface area contributed by atoms with E-state index >= 15 is 0 Å². The number of rotatable bonds is 15. The highest BCUT2D eigenvalue weighted by Crippen LogP contribution is 2.25. The third kappa shape index (κ3) is 10.1. The van der Waals surface area contributed by atoms with Crippen LogP contribution in [-0.2, 0) is 21.4 Å². The number of unbranched alkanes of at least 4 members (excludes halogenated alkanes) is 4. The molecule has 0 aliphatic rings. The average molecular weight is 638 g/mol. The fourth-order valence-corrected chi connectivity index (χ4v) is 5.25. The zero-order chi connectivity index (χ0) is 34.0. The molecule has 0 saturated heterocycles. The van der Waals surface area contributed by atoms with Crippen molar-refractivity contribution < 1.29 is 24.2 Å². The van der Waals surface area contributed by atoms with Crippen molar-refractivity contribution in [3.63, 3.8) is 0 Å². The molecule has 248 valence electrons. The van der Waals surface area contributed by atoms with Crippen LogP contribution in [0.25, 0.3) is 22.2 Å². The highest BCUT2D eigenvalue weighted by molar-refractivity contribution is 5.98. The van der Waals surface area contributed by atoms with Crippen LogP contribution in [0.15, 0.2) is 78.9 Å². The number of carbonyl (C=O) groups excluding carboxylic acids is 2. The number of aromatic nitrogens is 1. The summed E-state index contributed by atoms with van der Waals surface area (Å²) in [5.74, 6) is -1.29. The second kappa shape index (κ2) is 16.2. The summed E-state index contributed by atoms with van der Waals surface area (Å²) in [6.07, 6.45) is 6.16. The van der Waals surface area contributed by atoms with Gasteiger partial charge < -0.3 is 20.5 Å². The first-order valence-electron chi connectivity index (χ1n) is 16.5. The van der Waals surface area contributed by atoms with Gasteiger partial charge in [0.1, 0.15) is 17.8 Å². The summed E-state index contributed by atoms with van der Waals surface area (Å²) < 4.78 is 5.96. The first kappa shape index (κ1) is 35.1. The molecule has 4 rings (SSSR count). The van der Waals surface area contributed by atoms with E-state index in [0.29, 0.717) is 12.2 Å². The predicted octanol–water partition coefficient (Wildman–Crippen LogP) is 7.48. The number of aliphatic carboxylic acids is 1. The predicted molar refractivity (Wildman–Crippen MR) is 187 cm³/mol. The molecule has 0 unspecified atom stereocenters. The van der Waals surface area contributed by atoms with Gasteiger partial charge in [-0.05, 0) is 66.3 Å². The summed E-state index contributed by atoms with van der Waals surface area (Å²) in [5.41, 5.74) is 4.83. The molecule has 0 aliphatic carbocycles. The number of amides is 2. The van der Waals surface area contributed by atoms with Crippen molar-refractivity contribution in [1.82, 2.24) is 15.6 Å². The van der Waals surface area contributed by atoms with Crippen molar-refractivity contribution in [3.8, 4) is 17.0 Å². The summed E-state index contributed by atoms with van der Waals surface area (Å²) in [6, 6.07) is 22.8. The molecule has 0 spiro atoms. The van der Waals surface area contributed by atoms with Gasteiger partial charge in [-0.25, -0.2) is 4.98 Å². The quantitative estimate of drug-likeness (QED) is 0.116. The van der Waals surface area contributed by atoms with Gasteiger partial charge in [0.15, 0.2) is 0 Å². The number of nitrogens with zero attached hydrogens (tertiary/aromatic N) is 1. The van der Waals surface area contributed by atoms with Gasteiger partial charge in [-0.3, -0.25) is 14.4 Å². The van der Waals surface area contributed by atoms with E-state index in [-0.39, 0.29) is 11.8 Å². The van der Waals surface area contributed by atoms with Crippen LogP contribution in [0.1, 0.15) is 88.2 Å². The van der Waals surface area contributed by atoms with Gasteiger partial charge in [-0.15, -0.1) is 0 Å². The lowest BCUT2D eigenvalue weighted by Crippen LogP contribution is -2.51. The lowest BCUT2D eigenvalue weighted by molar-refractivity contribution is -0.141.